The van der Waals surface area contributed by atoms with Crippen LogP contribution in [0.4, 0.5) is 4.39 Å². The van der Waals surface area contributed by atoms with E-state index in [0.29, 0.717) is 17.8 Å². The van der Waals surface area contributed by atoms with E-state index in [0.717, 1.165) is 18.7 Å². The lowest BCUT2D eigenvalue weighted by molar-refractivity contribution is -0.126. The molecule has 1 aliphatic rings. The third-order valence-corrected chi connectivity index (χ3v) is 3.93. The molecule has 1 saturated heterocycles. The van der Waals surface area contributed by atoms with Crippen molar-refractivity contribution >= 4 is 5.78 Å². The summed E-state index contributed by atoms with van der Waals surface area (Å²) in [6.45, 7) is 7.37. The van der Waals surface area contributed by atoms with Crippen LogP contribution in [-0.4, -0.2) is 23.8 Å². The Morgan fingerprint density at radius 2 is 2.17 bits per heavy atom. The van der Waals surface area contributed by atoms with Crippen LogP contribution in [0, 0.1) is 18.7 Å². The number of hydrogen-bond acceptors (Lipinski definition) is 2. The second kappa shape index (κ2) is 5.19. The Morgan fingerprint density at radius 3 is 2.78 bits per heavy atom. The van der Waals surface area contributed by atoms with Gasteiger partial charge in [0.15, 0.2) is 0 Å². The fourth-order valence-corrected chi connectivity index (χ4v) is 2.48. The number of hydrogen-bond donors (Lipinski definition) is 0. The smallest absolute Gasteiger partial charge is 0.138 e. The average Bonchev–Trinajstić information content (AvgIpc) is 2.35. The lowest BCUT2D eigenvalue weighted by Crippen LogP contribution is -2.40. The van der Waals surface area contributed by atoms with E-state index >= 15 is 0 Å². The number of nitrogens with zero attached hydrogens (tertiary/aromatic N) is 1. The summed E-state index contributed by atoms with van der Waals surface area (Å²) in [5.74, 6) is 0.283. The first-order valence-corrected chi connectivity index (χ1v) is 6.52. The Balaban J connectivity index is 2.13. The van der Waals surface area contributed by atoms with Gasteiger partial charge in [0.05, 0.1) is 0 Å². The van der Waals surface area contributed by atoms with E-state index in [2.05, 4.69) is 11.8 Å². The first-order valence-electron chi connectivity index (χ1n) is 6.52. The molecule has 2 rings (SSSR count). The molecule has 0 aliphatic carbocycles. The van der Waals surface area contributed by atoms with Crippen LogP contribution in [-0.2, 0) is 4.79 Å². The summed E-state index contributed by atoms with van der Waals surface area (Å²) >= 11 is 0. The minimum Gasteiger partial charge on any atom is -0.299 e. The Labute approximate surface area is 108 Å². The third-order valence-electron chi connectivity index (χ3n) is 3.93. The average molecular weight is 249 g/mol. The topological polar surface area (TPSA) is 20.3 Å². The van der Waals surface area contributed by atoms with Crippen molar-refractivity contribution in [3.63, 3.8) is 0 Å². The van der Waals surface area contributed by atoms with Gasteiger partial charge in [0.2, 0.25) is 0 Å². The molecule has 98 valence electrons. The zero-order chi connectivity index (χ0) is 13.3. The van der Waals surface area contributed by atoms with E-state index in [1.165, 1.54) is 0 Å². The molecule has 0 saturated carbocycles. The highest BCUT2D eigenvalue weighted by molar-refractivity contribution is 5.81. The van der Waals surface area contributed by atoms with Crippen LogP contribution in [0.1, 0.15) is 37.4 Å². The zero-order valence-corrected chi connectivity index (χ0v) is 11.2. The molecule has 0 aromatic heterocycles. The van der Waals surface area contributed by atoms with Gasteiger partial charge < -0.3 is 0 Å². The van der Waals surface area contributed by atoms with Gasteiger partial charge in [-0.25, -0.2) is 4.39 Å². The molecule has 18 heavy (non-hydrogen) atoms. The number of aryl methyl sites for hydroxylation is 1. The maximum Gasteiger partial charge on any atom is 0.138 e. The highest BCUT2D eigenvalue weighted by Crippen LogP contribution is 2.26. The zero-order valence-electron chi connectivity index (χ0n) is 11.2. The second-order valence-electron chi connectivity index (χ2n) is 5.30. The highest BCUT2D eigenvalue weighted by atomic mass is 19.1. The second-order valence-corrected chi connectivity index (χ2v) is 5.30. The van der Waals surface area contributed by atoms with Crippen LogP contribution in [0.2, 0.25) is 0 Å². The summed E-state index contributed by atoms with van der Waals surface area (Å²) in [6, 6.07) is 5.57. The van der Waals surface area contributed by atoms with Crippen molar-refractivity contribution in [2.24, 2.45) is 5.92 Å². The van der Waals surface area contributed by atoms with Gasteiger partial charge in [-0.1, -0.05) is 19.1 Å². The van der Waals surface area contributed by atoms with Gasteiger partial charge in [-0.3, -0.25) is 9.69 Å². The molecule has 0 amide bonds. The van der Waals surface area contributed by atoms with E-state index in [1.807, 2.05) is 19.1 Å². The van der Waals surface area contributed by atoms with Gasteiger partial charge in [-0.05, 0) is 31.0 Å². The molecule has 2 unspecified atom stereocenters. The predicted octanol–water partition coefficient (Wildman–Crippen LogP) is 3.11. The summed E-state index contributed by atoms with van der Waals surface area (Å²) in [7, 11) is 0. The van der Waals surface area contributed by atoms with E-state index in [-0.39, 0.29) is 17.8 Å². The van der Waals surface area contributed by atoms with Crippen LogP contribution >= 0.6 is 0 Å². The minimum absolute atomic E-state index is 0.0940. The van der Waals surface area contributed by atoms with E-state index in [1.54, 1.807) is 13.0 Å². The van der Waals surface area contributed by atoms with Crippen molar-refractivity contribution in [2.75, 3.05) is 13.1 Å². The third kappa shape index (κ3) is 2.61. The fraction of sp³-hybridized carbons (Fsp3) is 0.533. The molecule has 0 spiro atoms. The summed E-state index contributed by atoms with van der Waals surface area (Å²) < 4.78 is 13.6. The number of ketones is 1. The number of carbonyl (C=O) groups excluding carboxylic acids is 1. The summed E-state index contributed by atoms with van der Waals surface area (Å²) in [5, 5.41) is 0. The number of likely N-dealkylation sites (tertiary alicyclic amines) is 1. The highest BCUT2D eigenvalue weighted by Gasteiger charge is 2.27. The molecular weight excluding hydrogens is 229 g/mol. The van der Waals surface area contributed by atoms with E-state index < -0.39 is 0 Å². The number of benzene rings is 1. The van der Waals surface area contributed by atoms with Crippen molar-refractivity contribution < 1.29 is 9.18 Å². The SMILES string of the molecule is Cc1ccc(C(C)N2CCC(=O)C(C)C2)cc1F. The van der Waals surface area contributed by atoms with Crippen molar-refractivity contribution in [2.45, 2.75) is 33.2 Å². The Kier molecular flexibility index (Phi) is 3.81. The number of carbonyl (C=O) groups is 1. The van der Waals surface area contributed by atoms with Crippen LogP contribution in [0.5, 0.6) is 0 Å². The maximum atomic E-state index is 13.6. The van der Waals surface area contributed by atoms with Gasteiger partial charge in [0.1, 0.15) is 11.6 Å². The van der Waals surface area contributed by atoms with Crippen molar-refractivity contribution in [1.82, 2.24) is 4.90 Å². The quantitative estimate of drug-likeness (QED) is 0.802. The molecule has 1 heterocycles. The molecule has 1 aromatic rings. The molecule has 2 nitrogen and oxygen atoms in total. The molecule has 2 atom stereocenters. The van der Waals surface area contributed by atoms with Crippen LogP contribution < -0.4 is 0 Å². The first-order chi connectivity index (χ1) is 8.49. The minimum atomic E-state index is -0.152. The number of piperidine rings is 1. The molecule has 1 fully saturated rings. The molecule has 1 aromatic carbocycles. The van der Waals surface area contributed by atoms with Crippen LogP contribution in [0.15, 0.2) is 18.2 Å². The van der Waals surface area contributed by atoms with Gasteiger partial charge in [-0.2, -0.15) is 0 Å². The summed E-state index contributed by atoms with van der Waals surface area (Å²) in [4.78, 5) is 13.8. The van der Waals surface area contributed by atoms with Crippen molar-refractivity contribution in [3.05, 3.63) is 35.1 Å². The lowest BCUT2D eigenvalue weighted by Gasteiger charge is -2.35. The number of halogens is 1. The monoisotopic (exact) mass is 249 g/mol. The molecular formula is C15H20FNO. The molecule has 0 radical (unpaired) electrons. The summed E-state index contributed by atoms with van der Waals surface area (Å²) in [6.07, 6.45) is 0.611. The molecule has 1 aliphatic heterocycles. The van der Waals surface area contributed by atoms with Gasteiger partial charge in [-0.15, -0.1) is 0 Å². The number of rotatable bonds is 2. The standard InChI is InChI=1S/C15H20FNO/c1-10-4-5-13(8-14(10)16)12(3)17-7-6-15(18)11(2)9-17/h4-5,8,11-12H,6-7,9H2,1-3H3. The van der Waals surface area contributed by atoms with Crippen molar-refractivity contribution in [3.8, 4) is 0 Å². The fourth-order valence-electron chi connectivity index (χ4n) is 2.48. The lowest BCUT2D eigenvalue weighted by atomic mass is 9.95. The maximum absolute atomic E-state index is 13.6. The molecule has 0 bridgehead atoms. The normalized spacial score (nSPS) is 23.1. The Bertz CT molecular complexity index is 458. The van der Waals surface area contributed by atoms with Gasteiger partial charge in [0, 0.05) is 31.5 Å². The predicted molar refractivity (Wildman–Crippen MR) is 69.9 cm³/mol. The Hall–Kier alpha value is -1.22. The van der Waals surface area contributed by atoms with Crippen LogP contribution in [0.25, 0.3) is 0 Å². The largest absolute Gasteiger partial charge is 0.299 e. The van der Waals surface area contributed by atoms with E-state index in [9.17, 15) is 9.18 Å². The molecule has 0 N–H and O–H groups in total. The van der Waals surface area contributed by atoms with Gasteiger partial charge >= 0.3 is 0 Å². The van der Waals surface area contributed by atoms with Crippen LogP contribution in [0.3, 0.4) is 0 Å². The summed E-state index contributed by atoms with van der Waals surface area (Å²) in [5.41, 5.74) is 1.66. The Morgan fingerprint density at radius 1 is 1.44 bits per heavy atom. The number of Topliss-reactive ketones (excluding diaryl/α,β-unsaturated/α-hetero) is 1. The van der Waals surface area contributed by atoms with E-state index in [4.69, 9.17) is 0 Å². The molecule has 3 heteroatoms. The van der Waals surface area contributed by atoms with Gasteiger partial charge in [0.25, 0.3) is 0 Å². The first kappa shape index (κ1) is 13.2. The van der Waals surface area contributed by atoms with Crippen molar-refractivity contribution in [1.29, 1.82) is 0 Å².